The van der Waals surface area contributed by atoms with Crippen LogP contribution >= 0.6 is 11.6 Å². The lowest BCUT2D eigenvalue weighted by atomic mass is 10.0. The largest absolute Gasteiger partial charge is 0.473 e. The van der Waals surface area contributed by atoms with Gasteiger partial charge in [-0.3, -0.25) is 0 Å². The third kappa shape index (κ3) is 4.10. The summed E-state index contributed by atoms with van der Waals surface area (Å²) >= 11 is 6.24. The van der Waals surface area contributed by atoms with Gasteiger partial charge >= 0.3 is 0 Å². The Morgan fingerprint density at radius 1 is 1.09 bits per heavy atom. The Balaban J connectivity index is 1.34. The first-order valence-electron chi connectivity index (χ1n) is 10.8. The number of nitriles is 2. The highest BCUT2D eigenvalue weighted by Crippen LogP contribution is 2.44. The predicted molar refractivity (Wildman–Crippen MR) is 120 cm³/mol. The molecule has 5 rings (SSSR count). The molecule has 0 spiro atoms. The van der Waals surface area contributed by atoms with E-state index in [-0.39, 0.29) is 40.7 Å². The van der Waals surface area contributed by atoms with Gasteiger partial charge in [0.15, 0.2) is 11.4 Å². The lowest BCUT2D eigenvalue weighted by Crippen LogP contribution is -2.50. The van der Waals surface area contributed by atoms with Gasteiger partial charge in [0.05, 0.1) is 27.6 Å². The highest BCUT2D eigenvalue weighted by Gasteiger charge is 2.52. The SMILES string of the molecule is N#Cc1ccc(Nc2ncnc(OC3CC4CC[C@@H](C3)N4S(=O)(=O)C3CC3)c2C#N)c(Cl)c1. The lowest BCUT2D eigenvalue weighted by Gasteiger charge is -2.37. The number of halogens is 1. The van der Waals surface area contributed by atoms with Gasteiger partial charge in [-0.2, -0.15) is 14.8 Å². The first kappa shape index (κ1) is 21.9. The summed E-state index contributed by atoms with van der Waals surface area (Å²) in [6.07, 6.45) is 5.37. The van der Waals surface area contributed by atoms with E-state index in [4.69, 9.17) is 21.6 Å². The zero-order valence-corrected chi connectivity index (χ0v) is 19.2. The van der Waals surface area contributed by atoms with Crippen LogP contribution in [0, 0.1) is 22.7 Å². The van der Waals surface area contributed by atoms with E-state index in [1.165, 1.54) is 12.4 Å². The zero-order valence-electron chi connectivity index (χ0n) is 17.6. The summed E-state index contributed by atoms with van der Waals surface area (Å²) in [5.41, 5.74) is 1.05. The Morgan fingerprint density at radius 2 is 1.82 bits per heavy atom. The van der Waals surface area contributed by atoms with E-state index in [2.05, 4.69) is 21.4 Å². The van der Waals surface area contributed by atoms with Crippen LogP contribution in [0.25, 0.3) is 0 Å². The van der Waals surface area contributed by atoms with Crippen LogP contribution in [-0.4, -0.2) is 46.1 Å². The lowest BCUT2D eigenvalue weighted by molar-refractivity contribution is 0.0914. The number of hydrogen-bond acceptors (Lipinski definition) is 8. The van der Waals surface area contributed by atoms with Crippen LogP contribution < -0.4 is 10.1 Å². The third-order valence-electron chi connectivity index (χ3n) is 6.42. The van der Waals surface area contributed by atoms with Crippen molar-refractivity contribution in [1.82, 2.24) is 14.3 Å². The highest BCUT2D eigenvalue weighted by atomic mass is 35.5. The summed E-state index contributed by atoms with van der Waals surface area (Å²) in [7, 11) is -3.23. The molecule has 2 aliphatic heterocycles. The van der Waals surface area contributed by atoms with Crippen LogP contribution in [-0.2, 0) is 10.0 Å². The summed E-state index contributed by atoms with van der Waals surface area (Å²) in [5, 5.41) is 21.9. The van der Waals surface area contributed by atoms with E-state index >= 15 is 0 Å². The molecule has 2 aromatic rings. The number of aromatic nitrogens is 2. The van der Waals surface area contributed by atoms with Crippen molar-refractivity contribution in [3.63, 3.8) is 0 Å². The van der Waals surface area contributed by atoms with E-state index in [9.17, 15) is 13.7 Å². The number of hydrogen-bond donors (Lipinski definition) is 1. The predicted octanol–water partition coefficient (Wildman–Crippen LogP) is 3.48. The van der Waals surface area contributed by atoms with Crippen LogP contribution in [0.15, 0.2) is 24.5 Å². The van der Waals surface area contributed by atoms with E-state index in [1.54, 1.807) is 16.4 Å². The number of rotatable bonds is 6. The normalized spacial score (nSPS) is 24.6. The molecule has 2 bridgehead atoms. The second kappa shape index (κ2) is 8.45. The maximum Gasteiger partial charge on any atom is 0.237 e. The zero-order chi connectivity index (χ0) is 23.2. The molecule has 3 heterocycles. The average Bonchev–Trinajstić information content (AvgIpc) is 3.61. The van der Waals surface area contributed by atoms with Crippen LogP contribution in [0.1, 0.15) is 49.7 Å². The molecule has 0 amide bonds. The van der Waals surface area contributed by atoms with Gasteiger partial charge in [-0.05, 0) is 43.9 Å². The number of nitrogens with zero attached hydrogens (tertiary/aromatic N) is 5. The number of fused-ring (bicyclic) bond motifs is 2. The molecule has 1 N–H and O–H groups in total. The number of benzene rings is 1. The van der Waals surface area contributed by atoms with Gasteiger partial charge in [0.1, 0.15) is 18.5 Å². The fourth-order valence-corrected chi connectivity index (χ4v) is 7.28. The van der Waals surface area contributed by atoms with E-state index in [0.717, 1.165) is 25.7 Å². The molecule has 3 atom stereocenters. The second-order valence-electron chi connectivity index (χ2n) is 8.62. The molecule has 11 heteroatoms. The minimum Gasteiger partial charge on any atom is -0.473 e. The molecule has 2 unspecified atom stereocenters. The molecule has 1 saturated carbocycles. The van der Waals surface area contributed by atoms with Gasteiger partial charge in [-0.1, -0.05) is 11.6 Å². The molecule has 3 aliphatic rings. The first-order chi connectivity index (χ1) is 15.9. The van der Waals surface area contributed by atoms with Crippen molar-refractivity contribution < 1.29 is 13.2 Å². The number of nitrogens with one attached hydrogen (secondary N) is 1. The number of anilines is 2. The average molecular weight is 485 g/mol. The second-order valence-corrected chi connectivity index (χ2v) is 11.1. The smallest absolute Gasteiger partial charge is 0.237 e. The first-order valence-corrected chi connectivity index (χ1v) is 12.7. The number of ether oxygens (including phenoxy) is 1. The molecule has 2 saturated heterocycles. The Hall–Kier alpha value is -2.92. The maximum atomic E-state index is 12.8. The minimum atomic E-state index is -3.23. The van der Waals surface area contributed by atoms with Crippen molar-refractivity contribution in [2.24, 2.45) is 0 Å². The van der Waals surface area contributed by atoms with E-state index < -0.39 is 10.0 Å². The highest BCUT2D eigenvalue weighted by molar-refractivity contribution is 7.90. The Labute approximate surface area is 197 Å². The topological polar surface area (TPSA) is 132 Å². The molecule has 1 aliphatic carbocycles. The van der Waals surface area contributed by atoms with Gasteiger partial charge in [0, 0.05) is 24.9 Å². The molecule has 170 valence electrons. The van der Waals surface area contributed by atoms with Crippen molar-refractivity contribution in [2.75, 3.05) is 5.32 Å². The molecule has 9 nitrogen and oxygen atoms in total. The monoisotopic (exact) mass is 484 g/mol. The van der Waals surface area contributed by atoms with Crippen molar-refractivity contribution >= 4 is 33.1 Å². The summed E-state index contributed by atoms with van der Waals surface area (Å²) in [4.78, 5) is 8.33. The molecule has 0 radical (unpaired) electrons. The molecule has 3 fully saturated rings. The van der Waals surface area contributed by atoms with Crippen molar-refractivity contribution in [1.29, 1.82) is 10.5 Å². The molecule has 33 heavy (non-hydrogen) atoms. The van der Waals surface area contributed by atoms with Crippen LogP contribution in [0.4, 0.5) is 11.5 Å². The van der Waals surface area contributed by atoms with Crippen molar-refractivity contribution in [3.05, 3.63) is 40.7 Å². The number of sulfonamides is 1. The fraction of sp³-hybridized carbons (Fsp3) is 0.455. The van der Waals surface area contributed by atoms with Gasteiger partial charge in [-0.25, -0.2) is 18.4 Å². The number of piperidine rings is 1. The molecule has 1 aromatic carbocycles. The molecular weight excluding hydrogens is 464 g/mol. The standard InChI is InChI=1S/C22H21ClN6O3S/c23-19-7-13(10-24)1-6-20(19)28-21-18(11-25)22(27-12-26-21)32-16-8-14-2-3-15(9-16)29(14)33(30,31)17-4-5-17/h1,6-7,12,14-17H,2-5,8-9H2,(H,26,27,28)/t14-,15?,16?/m0/s1. The summed E-state index contributed by atoms with van der Waals surface area (Å²) < 4.78 is 33.6. The van der Waals surface area contributed by atoms with Gasteiger partial charge in [0.25, 0.3) is 0 Å². The molecule has 1 aromatic heterocycles. The quantitative estimate of drug-likeness (QED) is 0.658. The van der Waals surface area contributed by atoms with E-state index in [1.807, 2.05) is 6.07 Å². The summed E-state index contributed by atoms with van der Waals surface area (Å²) in [6, 6.07) is 8.75. The Bertz CT molecular complexity index is 1270. The minimum absolute atomic E-state index is 0.0678. The Morgan fingerprint density at radius 3 is 2.42 bits per heavy atom. The maximum absolute atomic E-state index is 12.8. The van der Waals surface area contributed by atoms with Gasteiger partial charge in [0.2, 0.25) is 15.9 Å². The van der Waals surface area contributed by atoms with Crippen molar-refractivity contribution in [2.45, 2.75) is 62.0 Å². The molecular formula is C22H21ClN6O3S. The van der Waals surface area contributed by atoms with Gasteiger partial charge in [-0.15, -0.1) is 0 Å². The summed E-state index contributed by atoms with van der Waals surface area (Å²) in [5.74, 6) is 0.397. The third-order valence-corrected chi connectivity index (χ3v) is 9.23. The van der Waals surface area contributed by atoms with Gasteiger partial charge < -0.3 is 10.1 Å². The van der Waals surface area contributed by atoms with Crippen molar-refractivity contribution in [3.8, 4) is 18.0 Å². The Kier molecular flexibility index (Phi) is 5.61. The summed E-state index contributed by atoms with van der Waals surface area (Å²) in [6.45, 7) is 0. The van der Waals surface area contributed by atoms with Crippen LogP contribution in [0.5, 0.6) is 5.88 Å². The van der Waals surface area contributed by atoms with Crippen LogP contribution in [0.3, 0.4) is 0 Å². The van der Waals surface area contributed by atoms with Crippen LogP contribution in [0.2, 0.25) is 5.02 Å². The van der Waals surface area contributed by atoms with E-state index in [0.29, 0.717) is 29.1 Å². The fourth-order valence-electron chi connectivity index (χ4n) is 4.76.